The van der Waals surface area contributed by atoms with Gasteiger partial charge in [-0.1, -0.05) is 34.1 Å². The molecule has 2 amide bonds. The summed E-state index contributed by atoms with van der Waals surface area (Å²) >= 11 is 3.36. The molecule has 0 aliphatic carbocycles. The molecule has 0 bridgehead atoms. The molecule has 1 N–H and O–H groups in total. The summed E-state index contributed by atoms with van der Waals surface area (Å²) in [6.07, 6.45) is -3.82. The molecule has 210 valence electrons. The van der Waals surface area contributed by atoms with Crippen molar-refractivity contribution in [2.24, 2.45) is 0 Å². The fourth-order valence-electron chi connectivity index (χ4n) is 3.68. The van der Waals surface area contributed by atoms with Crippen molar-refractivity contribution in [3.05, 3.63) is 64.1 Å². The SMILES string of the molecule is CC(C(=O)NC(C)(C)C)N(Cc1ccc(Br)cc1)C(=O)CCCN(c1cccc(C(F)(F)F)c1)S(C)(=O)=O. The highest BCUT2D eigenvalue weighted by molar-refractivity contribution is 9.10. The highest BCUT2D eigenvalue weighted by Gasteiger charge is 2.32. The predicted molar refractivity (Wildman–Crippen MR) is 145 cm³/mol. The minimum absolute atomic E-state index is 0.0343. The van der Waals surface area contributed by atoms with E-state index in [2.05, 4.69) is 21.2 Å². The Kier molecular flexibility index (Phi) is 10.4. The van der Waals surface area contributed by atoms with Gasteiger partial charge in [-0.3, -0.25) is 13.9 Å². The number of halogens is 4. The quantitative estimate of drug-likeness (QED) is 0.389. The van der Waals surface area contributed by atoms with Crippen molar-refractivity contribution in [3.8, 4) is 0 Å². The van der Waals surface area contributed by atoms with Crippen LogP contribution in [0, 0.1) is 0 Å². The number of carbonyl (C=O) groups is 2. The third-order valence-electron chi connectivity index (χ3n) is 5.55. The van der Waals surface area contributed by atoms with Crippen LogP contribution in [-0.4, -0.2) is 49.5 Å². The number of anilines is 1. The van der Waals surface area contributed by atoms with Gasteiger partial charge in [-0.2, -0.15) is 13.2 Å². The summed E-state index contributed by atoms with van der Waals surface area (Å²) in [7, 11) is -3.93. The van der Waals surface area contributed by atoms with Gasteiger partial charge in [-0.25, -0.2) is 8.42 Å². The third kappa shape index (κ3) is 9.61. The Hall–Kier alpha value is -2.60. The van der Waals surface area contributed by atoms with E-state index in [1.54, 1.807) is 6.92 Å². The molecule has 2 aromatic carbocycles. The minimum Gasteiger partial charge on any atom is -0.350 e. The Bertz CT molecular complexity index is 1230. The molecule has 0 aliphatic rings. The van der Waals surface area contributed by atoms with Crippen molar-refractivity contribution in [3.63, 3.8) is 0 Å². The highest BCUT2D eigenvalue weighted by Crippen LogP contribution is 2.32. The summed E-state index contributed by atoms with van der Waals surface area (Å²) in [5.41, 5.74) is -0.837. The zero-order valence-electron chi connectivity index (χ0n) is 22.0. The van der Waals surface area contributed by atoms with Crippen molar-refractivity contribution in [1.29, 1.82) is 0 Å². The van der Waals surface area contributed by atoms with E-state index in [0.29, 0.717) is 0 Å². The Balaban J connectivity index is 2.23. The summed E-state index contributed by atoms with van der Waals surface area (Å²) in [5, 5.41) is 2.86. The molecule has 0 radical (unpaired) electrons. The normalized spacial score (nSPS) is 13.1. The van der Waals surface area contributed by atoms with E-state index >= 15 is 0 Å². The molecule has 7 nitrogen and oxygen atoms in total. The van der Waals surface area contributed by atoms with Crippen molar-refractivity contribution in [2.45, 2.75) is 64.8 Å². The molecular formula is C26H33BrF3N3O4S. The van der Waals surface area contributed by atoms with Gasteiger partial charge in [0.05, 0.1) is 17.5 Å². The Morgan fingerprint density at radius 3 is 2.18 bits per heavy atom. The van der Waals surface area contributed by atoms with E-state index in [1.807, 2.05) is 45.0 Å². The number of rotatable bonds is 10. The minimum atomic E-state index is -4.63. The monoisotopic (exact) mass is 619 g/mol. The maximum Gasteiger partial charge on any atom is 0.416 e. The van der Waals surface area contributed by atoms with Crippen molar-refractivity contribution < 1.29 is 31.2 Å². The lowest BCUT2D eigenvalue weighted by molar-refractivity contribution is -0.141. The van der Waals surface area contributed by atoms with Crippen LogP contribution in [0.25, 0.3) is 0 Å². The first kappa shape index (κ1) is 31.6. The molecule has 0 aromatic heterocycles. The van der Waals surface area contributed by atoms with E-state index in [-0.39, 0.29) is 43.4 Å². The van der Waals surface area contributed by atoms with E-state index in [4.69, 9.17) is 0 Å². The van der Waals surface area contributed by atoms with E-state index < -0.39 is 33.3 Å². The number of alkyl halides is 3. The molecule has 0 heterocycles. The van der Waals surface area contributed by atoms with Gasteiger partial charge >= 0.3 is 6.18 Å². The van der Waals surface area contributed by atoms with Gasteiger partial charge in [0.25, 0.3) is 0 Å². The van der Waals surface area contributed by atoms with Crippen LogP contribution in [0.2, 0.25) is 0 Å². The van der Waals surface area contributed by atoms with Crippen LogP contribution in [0.3, 0.4) is 0 Å². The number of amides is 2. The fraction of sp³-hybridized carbons (Fsp3) is 0.462. The predicted octanol–water partition coefficient (Wildman–Crippen LogP) is 5.35. The first-order chi connectivity index (χ1) is 17.4. The maximum absolute atomic E-state index is 13.3. The van der Waals surface area contributed by atoms with Gasteiger partial charge in [0.15, 0.2) is 0 Å². The second-order valence-corrected chi connectivity index (χ2v) is 12.9. The maximum atomic E-state index is 13.3. The smallest absolute Gasteiger partial charge is 0.350 e. The van der Waals surface area contributed by atoms with Crippen LogP contribution < -0.4 is 9.62 Å². The van der Waals surface area contributed by atoms with E-state index in [9.17, 15) is 31.2 Å². The van der Waals surface area contributed by atoms with Crippen LogP contribution in [0.15, 0.2) is 53.0 Å². The summed E-state index contributed by atoms with van der Waals surface area (Å²) in [4.78, 5) is 27.6. The first-order valence-electron chi connectivity index (χ1n) is 11.9. The Labute approximate surface area is 230 Å². The third-order valence-corrected chi connectivity index (χ3v) is 7.27. The lowest BCUT2D eigenvalue weighted by Gasteiger charge is -2.32. The summed E-state index contributed by atoms with van der Waals surface area (Å²) in [6.45, 7) is 7.03. The molecule has 38 heavy (non-hydrogen) atoms. The molecule has 0 fully saturated rings. The molecule has 1 atom stereocenters. The first-order valence-corrected chi connectivity index (χ1v) is 14.5. The lowest BCUT2D eigenvalue weighted by Crippen LogP contribution is -2.52. The second kappa shape index (κ2) is 12.5. The van der Waals surface area contributed by atoms with Crippen LogP contribution in [0.1, 0.15) is 51.7 Å². The number of sulfonamides is 1. The van der Waals surface area contributed by atoms with Gasteiger partial charge in [0, 0.05) is 29.5 Å². The molecule has 2 rings (SSSR count). The number of nitrogens with zero attached hydrogens (tertiary/aromatic N) is 2. The van der Waals surface area contributed by atoms with Gasteiger partial charge in [0.2, 0.25) is 21.8 Å². The second-order valence-electron chi connectivity index (χ2n) is 10.1. The molecule has 0 spiro atoms. The number of carbonyl (C=O) groups excluding carboxylic acids is 2. The number of hydrogen-bond donors (Lipinski definition) is 1. The van der Waals surface area contributed by atoms with Crippen LogP contribution in [-0.2, 0) is 32.3 Å². The molecule has 0 saturated carbocycles. The molecule has 0 saturated heterocycles. The fourth-order valence-corrected chi connectivity index (χ4v) is 4.91. The number of hydrogen-bond acceptors (Lipinski definition) is 4. The van der Waals surface area contributed by atoms with E-state index in [0.717, 1.165) is 38.8 Å². The average molecular weight is 621 g/mol. The highest BCUT2D eigenvalue weighted by atomic mass is 79.9. The number of benzene rings is 2. The van der Waals surface area contributed by atoms with Crippen molar-refractivity contribution in [1.82, 2.24) is 10.2 Å². The van der Waals surface area contributed by atoms with Gasteiger partial charge in [-0.15, -0.1) is 0 Å². The summed E-state index contributed by atoms with van der Waals surface area (Å²) in [6, 6.07) is 10.5. The van der Waals surface area contributed by atoms with Gasteiger partial charge < -0.3 is 10.2 Å². The van der Waals surface area contributed by atoms with Gasteiger partial charge in [-0.05, 0) is 70.0 Å². The number of nitrogens with one attached hydrogen (secondary N) is 1. The lowest BCUT2D eigenvalue weighted by atomic mass is 10.1. The summed E-state index contributed by atoms with van der Waals surface area (Å²) < 4.78 is 66.0. The largest absolute Gasteiger partial charge is 0.416 e. The van der Waals surface area contributed by atoms with Crippen molar-refractivity contribution >= 4 is 43.5 Å². The Morgan fingerprint density at radius 1 is 1.05 bits per heavy atom. The molecular weight excluding hydrogens is 587 g/mol. The molecule has 1 unspecified atom stereocenters. The van der Waals surface area contributed by atoms with E-state index in [1.165, 1.54) is 11.0 Å². The zero-order valence-corrected chi connectivity index (χ0v) is 24.4. The average Bonchev–Trinajstić information content (AvgIpc) is 2.78. The molecule has 0 aliphatic heterocycles. The Morgan fingerprint density at radius 2 is 1.66 bits per heavy atom. The van der Waals surface area contributed by atoms with Crippen LogP contribution in [0.5, 0.6) is 0 Å². The van der Waals surface area contributed by atoms with Crippen molar-refractivity contribution in [2.75, 3.05) is 17.1 Å². The van der Waals surface area contributed by atoms with Gasteiger partial charge in [0.1, 0.15) is 6.04 Å². The summed E-state index contributed by atoms with van der Waals surface area (Å²) in [5.74, 6) is -0.730. The topological polar surface area (TPSA) is 86.8 Å². The molecule has 12 heteroatoms. The molecule has 2 aromatic rings. The van der Waals surface area contributed by atoms with Crippen LogP contribution in [0.4, 0.5) is 18.9 Å². The van der Waals surface area contributed by atoms with Crippen LogP contribution >= 0.6 is 15.9 Å². The zero-order chi connectivity index (χ0) is 28.9. The standard InChI is InChI=1S/C26H33BrF3N3O4S/c1-18(24(35)31-25(2,3)4)32(17-19-11-13-21(27)14-12-19)23(34)10-7-15-33(38(5,36)37)22-9-6-8-20(16-22)26(28,29)30/h6,8-9,11-14,16,18H,7,10,15,17H2,1-5H3,(H,31,35).